The lowest BCUT2D eigenvalue weighted by atomic mass is 10.1. The number of aromatic nitrogens is 1. The van der Waals surface area contributed by atoms with Crippen molar-refractivity contribution in [2.75, 3.05) is 5.75 Å². The summed E-state index contributed by atoms with van der Waals surface area (Å²) >= 11 is 1.32. The first-order valence-electron chi connectivity index (χ1n) is 8.02. The Morgan fingerprint density at radius 2 is 1.92 bits per heavy atom. The molecule has 3 aromatic rings. The normalized spacial score (nSPS) is 12.2. The third-order valence-electron chi connectivity index (χ3n) is 3.72. The molecule has 1 unspecified atom stereocenters. The summed E-state index contributed by atoms with van der Waals surface area (Å²) in [5.74, 6) is 0.311. The largest absolute Gasteiger partial charge is 0.431 e. The minimum atomic E-state index is 0.00261. The maximum absolute atomic E-state index is 12.1. The Morgan fingerprint density at radius 1 is 1.17 bits per heavy atom. The number of nitrogens with one attached hydrogen (secondary N) is 1. The van der Waals surface area contributed by atoms with Crippen LogP contribution in [-0.4, -0.2) is 22.7 Å². The highest BCUT2D eigenvalue weighted by Gasteiger charge is 2.11. The predicted octanol–water partition coefficient (Wildman–Crippen LogP) is 4.06. The number of amides is 1. The van der Waals surface area contributed by atoms with Crippen molar-refractivity contribution in [3.8, 4) is 0 Å². The van der Waals surface area contributed by atoms with Crippen LogP contribution in [0.2, 0.25) is 0 Å². The molecule has 0 spiro atoms. The standard InChI is InChI=1S/C19H20N2O2S/c1-14(11-12-15-7-3-2-4-8-15)20-18(22)13-24-19-21-16-9-5-6-10-17(16)23-19/h2-10,14H,11-13H2,1H3,(H,20,22). The van der Waals surface area contributed by atoms with Crippen LogP contribution in [0.15, 0.2) is 64.2 Å². The Bertz CT molecular complexity index is 768. The fourth-order valence-corrected chi connectivity index (χ4v) is 3.11. The van der Waals surface area contributed by atoms with E-state index in [0.29, 0.717) is 11.0 Å². The molecule has 124 valence electrons. The van der Waals surface area contributed by atoms with Gasteiger partial charge in [0.25, 0.3) is 5.22 Å². The molecule has 1 amide bonds. The van der Waals surface area contributed by atoms with E-state index in [4.69, 9.17) is 4.42 Å². The Hall–Kier alpha value is -2.27. The second-order valence-corrected chi connectivity index (χ2v) is 6.66. The van der Waals surface area contributed by atoms with Gasteiger partial charge < -0.3 is 9.73 Å². The second-order valence-electron chi connectivity index (χ2n) is 5.73. The summed E-state index contributed by atoms with van der Waals surface area (Å²) in [4.78, 5) is 16.4. The van der Waals surface area contributed by atoms with Gasteiger partial charge in [0, 0.05) is 6.04 Å². The number of carbonyl (C=O) groups is 1. The highest BCUT2D eigenvalue weighted by Crippen LogP contribution is 2.22. The van der Waals surface area contributed by atoms with Gasteiger partial charge in [0.05, 0.1) is 5.75 Å². The first-order valence-corrected chi connectivity index (χ1v) is 9.01. The summed E-state index contributed by atoms with van der Waals surface area (Å²) in [6, 6.07) is 18.0. The molecule has 0 saturated heterocycles. The lowest BCUT2D eigenvalue weighted by Crippen LogP contribution is -2.34. The van der Waals surface area contributed by atoms with Crippen LogP contribution in [-0.2, 0) is 11.2 Å². The number of hydrogen-bond donors (Lipinski definition) is 1. The van der Waals surface area contributed by atoms with Crippen molar-refractivity contribution in [3.63, 3.8) is 0 Å². The lowest BCUT2D eigenvalue weighted by molar-refractivity contribution is -0.119. The summed E-state index contributed by atoms with van der Waals surface area (Å²) in [5, 5.41) is 3.56. The summed E-state index contributed by atoms with van der Waals surface area (Å²) in [6.07, 6.45) is 1.88. The number of carbonyl (C=O) groups excluding carboxylic acids is 1. The minimum absolute atomic E-state index is 0.00261. The predicted molar refractivity (Wildman–Crippen MR) is 97.1 cm³/mol. The molecule has 0 saturated carbocycles. The zero-order valence-corrected chi connectivity index (χ0v) is 14.4. The van der Waals surface area contributed by atoms with Crippen LogP contribution in [0.3, 0.4) is 0 Å². The average molecular weight is 340 g/mol. The Labute approximate surface area is 145 Å². The van der Waals surface area contributed by atoms with Crippen molar-refractivity contribution < 1.29 is 9.21 Å². The summed E-state index contributed by atoms with van der Waals surface area (Å²) in [5.41, 5.74) is 2.85. The molecule has 24 heavy (non-hydrogen) atoms. The van der Waals surface area contributed by atoms with Gasteiger partial charge in [-0.25, -0.2) is 4.98 Å². The fraction of sp³-hybridized carbons (Fsp3) is 0.263. The van der Waals surface area contributed by atoms with E-state index in [1.165, 1.54) is 17.3 Å². The average Bonchev–Trinajstić information content (AvgIpc) is 3.02. The number of nitrogens with zero attached hydrogens (tertiary/aromatic N) is 1. The number of rotatable bonds is 7. The van der Waals surface area contributed by atoms with Crippen molar-refractivity contribution in [2.24, 2.45) is 0 Å². The first-order chi connectivity index (χ1) is 11.7. The molecule has 1 heterocycles. The molecule has 5 heteroatoms. The van der Waals surface area contributed by atoms with Crippen molar-refractivity contribution in [1.82, 2.24) is 10.3 Å². The van der Waals surface area contributed by atoms with Crippen LogP contribution >= 0.6 is 11.8 Å². The molecular formula is C19H20N2O2S. The van der Waals surface area contributed by atoms with Gasteiger partial charge in [0.15, 0.2) is 5.58 Å². The maximum Gasteiger partial charge on any atom is 0.257 e. The lowest BCUT2D eigenvalue weighted by Gasteiger charge is -2.13. The molecule has 2 aromatic carbocycles. The maximum atomic E-state index is 12.1. The van der Waals surface area contributed by atoms with E-state index in [1.807, 2.05) is 49.4 Å². The number of aryl methyl sites for hydroxylation is 1. The topological polar surface area (TPSA) is 55.1 Å². The number of hydrogen-bond acceptors (Lipinski definition) is 4. The third-order valence-corrected chi connectivity index (χ3v) is 4.55. The summed E-state index contributed by atoms with van der Waals surface area (Å²) in [6.45, 7) is 2.03. The van der Waals surface area contributed by atoms with Gasteiger partial charge in [0.2, 0.25) is 5.91 Å². The Balaban J connectivity index is 1.43. The molecule has 3 rings (SSSR count). The highest BCUT2D eigenvalue weighted by atomic mass is 32.2. The smallest absolute Gasteiger partial charge is 0.257 e. The van der Waals surface area contributed by atoms with Crippen LogP contribution < -0.4 is 5.32 Å². The zero-order valence-electron chi connectivity index (χ0n) is 13.6. The molecule has 1 N–H and O–H groups in total. The number of para-hydroxylation sites is 2. The van der Waals surface area contributed by atoms with Crippen molar-refractivity contribution in [3.05, 3.63) is 60.2 Å². The summed E-state index contributed by atoms with van der Waals surface area (Å²) < 4.78 is 5.60. The van der Waals surface area contributed by atoms with E-state index in [9.17, 15) is 4.79 Å². The molecule has 0 bridgehead atoms. The summed E-state index contributed by atoms with van der Waals surface area (Å²) in [7, 11) is 0. The van der Waals surface area contributed by atoms with E-state index in [-0.39, 0.29) is 11.9 Å². The van der Waals surface area contributed by atoms with Gasteiger partial charge in [-0.15, -0.1) is 0 Å². The molecule has 0 fully saturated rings. The van der Waals surface area contributed by atoms with Gasteiger partial charge in [0.1, 0.15) is 5.52 Å². The molecule has 1 aromatic heterocycles. The molecule has 4 nitrogen and oxygen atoms in total. The number of oxazole rings is 1. The minimum Gasteiger partial charge on any atom is -0.431 e. The third kappa shape index (κ3) is 4.61. The monoisotopic (exact) mass is 340 g/mol. The van der Waals surface area contributed by atoms with E-state index in [2.05, 4.69) is 22.4 Å². The molecule has 0 aliphatic carbocycles. The van der Waals surface area contributed by atoms with Gasteiger partial charge in [-0.3, -0.25) is 4.79 Å². The van der Waals surface area contributed by atoms with Crippen LogP contribution in [0.4, 0.5) is 0 Å². The molecule has 0 radical (unpaired) electrons. The first kappa shape index (κ1) is 16.6. The molecular weight excluding hydrogens is 320 g/mol. The van der Waals surface area contributed by atoms with Crippen LogP contribution in [0, 0.1) is 0 Å². The van der Waals surface area contributed by atoms with Gasteiger partial charge in [-0.2, -0.15) is 0 Å². The Morgan fingerprint density at radius 3 is 2.71 bits per heavy atom. The van der Waals surface area contributed by atoms with Gasteiger partial charge >= 0.3 is 0 Å². The van der Waals surface area contributed by atoms with Gasteiger partial charge in [-0.05, 0) is 37.5 Å². The van der Waals surface area contributed by atoms with E-state index in [0.717, 1.165) is 23.9 Å². The van der Waals surface area contributed by atoms with Crippen molar-refractivity contribution in [1.29, 1.82) is 0 Å². The Kier molecular flexibility index (Phi) is 5.54. The highest BCUT2D eigenvalue weighted by molar-refractivity contribution is 7.99. The van der Waals surface area contributed by atoms with Crippen LogP contribution in [0.5, 0.6) is 0 Å². The molecule has 0 aliphatic rings. The van der Waals surface area contributed by atoms with E-state index < -0.39 is 0 Å². The SMILES string of the molecule is CC(CCc1ccccc1)NC(=O)CSc1nc2ccccc2o1. The number of fused-ring (bicyclic) bond motifs is 1. The van der Waals surface area contributed by atoms with Crippen molar-refractivity contribution >= 4 is 28.8 Å². The van der Waals surface area contributed by atoms with E-state index in [1.54, 1.807) is 0 Å². The fourth-order valence-electron chi connectivity index (χ4n) is 2.46. The van der Waals surface area contributed by atoms with Gasteiger partial charge in [-0.1, -0.05) is 54.2 Å². The van der Waals surface area contributed by atoms with Crippen LogP contribution in [0.1, 0.15) is 18.9 Å². The number of thioether (sulfide) groups is 1. The second kappa shape index (κ2) is 8.02. The number of benzene rings is 2. The quantitative estimate of drug-likeness (QED) is 0.659. The van der Waals surface area contributed by atoms with Crippen molar-refractivity contribution in [2.45, 2.75) is 31.0 Å². The van der Waals surface area contributed by atoms with E-state index >= 15 is 0 Å². The van der Waals surface area contributed by atoms with Crippen LogP contribution in [0.25, 0.3) is 11.1 Å². The zero-order chi connectivity index (χ0) is 16.8. The molecule has 1 atom stereocenters. The molecule has 0 aliphatic heterocycles.